The van der Waals surface area contributed by atoms with E-state index >= 15 is 0 Å². The van der Waals surface area contributed by atoms with E-state index < -0.39 is 30.1 Å². The van der Waals surface area contributed by atoms with Gasteiger partial charge >= 0.3 is 11.9 Å². The Balaban J connectivity index is 1.70. The van der Waals surface area contributed by atoms with E-state index in [4.69, 9.17) is 4.74 Å². The second-order valence-electron chi connectivity index (χ2n) is 8.26. The number of carboxylic acids is 1. The number of hydrogen-bond donors (Lipinski definition) is 2. The number of amides is 1. The minimum atomic E-state index is -0.948. The van der Waals surface area contributed by atoms with Crippen molar-refractivity contribution in [2.75, 3.05) is 12.4 Å². The van der Waals surface area contributed by atoms with Gasteiger partial charge in [0, 0.05) is 16.7 Å². The fraction of sp³-hybridized carbons (Fsp3) is 0.609. The number of aliphatic carboxylic acids is 1. The molecular weight excluding hydrogens is 416 g/mol. The minimum Gasteiger partial charge on any atom is -0.480 e. The smallest absolute Gasteiger partial charge is 0.326 e. The van der Waals surface area contributed by atoms with Crippen molar-refractivity contribution in [3.8, 4) is 0 Å². The first kappa shape index (κ1) is 23.6. The lowest BCUT2D eigenvalue weighted by atomic mass is 9.84. The Morgan fingerprint density at radius 3 is 2.61 bits per heavy atom. The van der Waals surface area contributed by atoms with Crippen molar-refractivity contribution in [3.63, 3.8) is 0 Å². The van der Waals surface area contributed by atoms with E-state index in [2.05, 4.69) is 5.32 Å². The summed E-state index contributed by atoms with van der Waals surface area (Å²) in [6.45, 7) is 3.71. The summed E-state index contributed by atoms with van der Waals surface area (Å²) in [7, 11) is 0. The number of ether oxygens (including phenoxy) is 1. The van der Waals surface area contributed by atoms with Crippen LogP contribution in [0.2, 0.25) is 0 Å². The zero-order valence-electron chi connectivity index (χ0n) is 18.2. The van der Waals surface area contributed by atoms with Gasteiger partial charge in [-0.25, -0.2) is 4.79 Å². The molecule has 1 saturated heterocycles. The summed E-state index contributed by atoms with van der Waals surface area (Å²) in [5.41, 5.74) is 0. The molecule has 3 unspecified atom stereocenters. The van der Waals surface area contributed by atoms with Crippen LogP contribution in [0.25, 0.3) is 0 Å². The number of thioether (sulfide) groups is 1. The van der Waals surface area contributed by atoms with Gasteiger partial charge in [0.2, 0.25) is 5.91 Å². The zero-order chi connectivity index (χ0) is 22.4. The van der Waals surface area contributed by atoms with Crippen LogP contribution in [-0.4, -0.2) is 64.4 Å². The molecule has 1 amide bonds. The number of carbonyl (C=O) groups is 3. The number of benzene rings is 1. The second-order valence-corrected chi connectivity index (χ2v) is 9.36. The van der Waals surface area contributed by atoms with Gasteiger partial charge in [-0.2, -0.15) is 0 Å². The molecule has 5 atom stereocenters. The summed E-state index contributed by atoms with van der Waals surface area (Å²) in [6, 6.07) is 7.56. The Bertz CT molecular complexity index is 774. The van der Waals surface area contributed by atoms with Crippen LogP contribution in [0.4, 0.5) is 0 Å². The number of fused-ring (bicyclic) bond motifs is 1. The third-order valence-corrected chi connectivity index (χ3v) is 7.29. The molecule has 2 aliphatic rings. The van der Waals surface area contributed by atoms with Gasteiger partial charge in [-0.1, -0.05) is 31.0 Å². The van der Waals surface area contributed by atoms with Gasteiger partial charge in [0.25, 0.3) is 0 Å². The summed E-state index contributed by atoms with van der Waals surface area (Å²) >= 11 is 1.51. The lowest BCUT2D eigenvalue weighted by molar-refractivity contribution is -0.151. The van der Waals surface area contributed by atoms with Crippen molar-refractivity contribution in [1.82, 2.24) is 10.2 Å². The molecule has 1 saturated carbocycles. The second kappa shape index (κ2) is 11.0. The number of nitrogens with one attached hydrogen (secondary N) is 1. The van der Waals surface area contributed by atoms with E-state index in [0.29, 0.717) is 12.2 Å². The maximum absolute atomic E-state index is 13.3. The first-order valence-electron chi connectivity index (χ1n) is 11.1. The molecule has 0 radical (unpaired) electrons. The number of rotatable bonds is 9. The van der Waals surface area contributed by atoms with Gasteiger partial charge in [-0.05, 0) is 51.2 Å². The van der Waals surface area contributed by atoms with E-state index in [1.807, 2.05) is 30.3 Å². The lowest BCUT2D eigenvalue weighted by Crippen LogP contribution is -2.56. The van der Waals surface area contributed by atoms with Crippen LogP contribution in [0.5, 0.6) is 0 Å². The highest BCUT2D eigenvalue weighted by molar-refractivity contribution is 7.99. The van der Waals surface area contributed by atoms with Gasteiger partial charge in [0.15, 0.2) is 0 Å². The highest BCUT2D eigenvalue weighted by Gasteiger charge is 2.48. The van der Waals surface area contributed by atoms with Crippen LogP contribution < -0.4 is 5.32 Å². The average Bonchev–Trinajstić information content (AvgIpc) is 3.16. The highest BCUT2D eigenvalue weighted by Crippen LogP contribution is 2.40. The molecule has 1 heterocycles. The Morgan fingerprint density at radius 2 is 1.94 bits per heavy atom. The number of hydrogen-bond acceptors (Lipinski definition) is 6. The Kier molecular flexibility index (Phi) is 8.37. The van der Waals surface area contributed by atoms with Crippen LogP contribution in [0.1, 0.15) is 46.0 Å². The van der Waals surface area contributed by atoms with E-state index in [9.17, 15) is 19.5 Å². The molecule has 2 N–H and O–H groups in total. The van der Waals surface area contributed by atoms with E-state index in [0.717, 1.165) is 30.6 Å². The fourth-order valence-electron chi connectivity index (χ4n) is 4.72. The van der Waals surface area contributed by atoms with Crippen molar-refractivity contribution in [2.45, 2.75) is 75.0 Å². The monoisotopic (exact) mass is 448 g/mol. The molecule has 7 nitrogen and oxygen atoms in total. The summed E-state index contributed by atoms with van der Waals surface area (Å²) in [6.07, 6.45) is 4.43. The normalized spacial score (nSPS) is 24.8. The van der Waals surface area contributed by atoms with Gasteiger partial charge in [0.05, 0.1) is 12.6 Å². The summed E-state index contributed by atoms with van der Waals surface area (Å²) in [5.74, 6) is -0.940. The van der Waals surface area contributed by atoms with E-state index in [-0.39, 0.29) is 24.5 Å². The molecule has 8 heteroatoms. The van der Waals surface area contributed by atoms with Gasteiger partial charge in [-0.15, -0.1) is 11.8 Å². The predicted octanol–water partition coefficient (Wildman–Crippen LogP) is 2.93. The van der Waals surface area contributed by atoms with Crippen LogP contribution in [-0.2, 0) is 19.1 Å². The molecule has 0 spiro atoms. The molecule has 3 rings (SSSR count). The standard InChI is InChI=1S/C23H32N2O5S/c1-3-30-23(29)18(14-31-17-10-5-4-6-11-17)24-15(2)21(26)25-19-12-8-7-9-16(19)13-20(25)22(27)28/h4-6,10-11,15-16,18-20,24H,3,7-9,12-14H2,1-2H3,(H,27,28)/t15?,16?,18-,19?,20+/m1/s1. The fourth-order valence-corrected chi connectivity index (χ4v) is 5.66. The molecular formula is C23H32N2O5S. The first-order chi connectivity index (χ1) is 14.9. The number of likely N-dealkylation sites (tertiary alicyclic amines) is 1. The van der Waals surface area contributed by atoms with Gasteiger partial charge in [0.1, 0.15) is 12.1 Å². The lowest BCUT2D eigenvalue weighted by Gasteiger charge is -2.35. The molecule has 1 aromatic rings. The summed E-state index contributed by atoms with van der Waals surface area (Å²) < 4.78 is 5.21. The molecule has 2 fully saturated rings. The maximum atomic E-state index is 13.3. The third-order valence-electron chi connectivity index (χ3n) is 6.18. The SMILES string of the molecule is CCOC(=O)[C@@H](CSc1ccccc1)NC(C)C(=O)N1C2CCCCC2C[C@H]1C(=O)O. The molecule has 0 aromatic heterocycles. The molecule has 1 aromatic carbocycles. The van der Waals surface area contributed by atoms with Crippen LogP contribution in [0.3, 0.4) is 0 Å². The number of carbonyl (C=O) groups excluding carboxylic acids is 2. The van der Waals surface area contributed by atoms with Crippen molar-refractivity contribution in [1.29, 1.82) is 0 Å². The maximum Gasteiger partial charge on any atom is 0.326 e. The molecule has 1 aliphatic carbocycles. The van der Waals surface area contributed by atoms with Gasteiger partial charge in [-0.3, -0.25) is 14.9 Å². The van der Waals surface area contributed by atoms with Crippen LogP contribution in [0.15, 0.2) is 35.2 Å². The summed E-state index contributed by atoms with van der Waals surface area (Å²) in [4.78, 5) is 40.3. The number of nitrogens with zero attached hydrogens (tertiary/aromatic N) is 1. The number of esters is 1. The zero-order valence-corrected chi connectivity index (χ0v) is 19.0. The van der Waals surface area contributed by atoms with Crippen molar-refractivity contribution < 1.29 is 24.2 Å². The first-order valence-corrected chi connectivity index (χ1v) is 12.1. The Morgan fingerprint density at radius 1 is 1.23 bits per heavy atom. The Labute approximate surface area is 187 Å². The summed E-state index contributed by atoms with van der Waals surface area (Å²) in [5, 5.41) is 12.8. The van der Waals surface area contributed by atoms with E-state index in [1.165, 1.54) is 11.8 Å². The molecule has 170 valence electrons. The van der Waals surface area contributed by atoms with Crippen LogP contribution >= 0.6 is 11.8 Å². The third kappa shape index (κ3) is 5.80. The Hall–Kier alpha value is -2.06. The van der Waals surface area contributed by atoms with Crippen molar-refractivity contribution in [2.24, 2.45) is 5.92 Å². The van der Waals surface area contributed by atoms with Crippen LogP contribution in [0, 0.1) is 5.92 Å². The minimum absolute atomic E-state index is 0.0219. The number of carboxylic acid groups (broad SMARTS) is 1. The molecule has 1 aliphatic heterocycles. The highest BCUT2D eigenvalue weighted by atomic mass is 32.2. The average molecular weight is 449 g/mol. The van der Waals surface area contributed by atoms with Crippen molar-refractivity contribution in [3.05, 3.63) is 30.3 Å². The van der Waals surface area contributed by atoms with E-state index in [1.54, 1.807) is 18.7 Å². The topological polar surface area (TPSA) is 95.9 Å². The quantitative estimate of drug-likeness (QED) is 0.443. The van der Waals surface area contributed by atoms with Crippen molar-refractivity contribution >= 4 is 29.6 Å². The van der Waals surface area contributed by atoms with Gasteiger partial charge < -0.3 is 14.7 Å². The molecule has 0 bridgehead atoms. The predicted molar refractivity (Wildman–Crippen MR) is 119 cm³/mol. The largest absolute Gasteiger partial charge is 0.480 e. The molecule has 31 heavy (non-hydrogen) atoms.